The van der Waals surface area contributed by atoms with Gasteiger partial charge in [0.15, 0.2) is 5.96 Å². The topological polar surface area (TPSA) is 72.5 Å². The maximum atomic E-state index is 13.5. The van der Waals surface area contributed by atoms with Crippen LogP contribution in [0.1, 0.15) is 24.5 Å². The smallest absolute Gasteiger partial charge is 0.224 e. The number of nitrogens with zero attached hydrogens (tertiary/aromatic N) is 2. The van der Waals surface area contributed by atoms with Crippen LogP contribution in [0.4, 0.5) is 4.39 Å². The molecule has 1 aromatic heterocycles. The van der Waals surface area contributed by atoms with Gasteiger partial charge in [-0.3, -0.25) is 9.79 Å². The van der Waals surface area contributed by atoms with Crippen molar-refractivity contribution in [1.82, 2.24) is 20.5 Å². The van der Waals surface area contributed by atoms with Gasteiger partial charge in [0.2, 0.25) is 5.91 Å². The Bertz CT molecular complexity index is 1020. The molecule has 1 heterocycles. The van der Waals surface area contributed by atoms with Crippen LogP contribution in [0, 0.1) is 5.82 Å². The molecule has 0 unspecified atom stereocenters. The Balaban J connectivity index is 1.48. The van der Waals surface area contributed by atoms with Crippen molar-refractivity contribution < 1.29 is 9.18 Å². The summed E-state index contributed by atoms with van der Waals surface area (Å²) in [7, 11) is 1.81. The van der Waals surface area contributed by atoms with Gasteiger partial charge < -0.3 is 20.5 Å². The monoisotopic (exact) mass is 423 g/mol. The molecule has 0 bridgehead atoms. The first kappa shape index (κ1) is 22.3. The molecule has 2 aromatic carbocycles. The second kappa shape index (κ2) is 11.2. The van der Waals surface area contributed by atoms with Gasteiger partial charge >= 0.3 is 0 Å². The highest BCUT2D eigenvalue weighted by molar-refractivity contribution is 5.83. The number of guanidine groups is 1. The van der Waals surface area contributed by atoms with E-state index in [1.165, 1.54) is 6.07 Å². The Labute approximate surface area is 182 Å². The van der Waals surface area contributed by atoms with Gasteiger partial charge in [-0.15, -0.1) is 0 Å². The van der Waals surface area contributed by atoms with Crippen molar-refractivity contribution in [3.63, 3.8) is 0 Å². The van der Waals surface area contributed by atoms with E-state index in [0.29, 0.717) is 32.0 Å². The summed E-state index contributed by atoms with van der Waals surface area (Å²) in [6.45, 7) is 4.38. The van der Waals surface area contributed by atoms with Gasteiger partial charge in [-0.25, -0.2) is 4.39 Å². The molecule has 0 saturated carbocycles. The number of aromatic nitrogens is 1. The highest BCUT2D eigenvalue weighted by atomic mass is 19.1. The molecule has 3 rings (SSSR count). The lowest BCUT2D eigenvalue weighted by Gasteiger charge is -2.17. The zero-order valence-corrected chi connectivity index (χ0v) is 18.1. The first-order chi connectivity index (χ1) is 15.1. The zero-order valence-electron chi connectivity index (χ0n) is 18.1. The average molecular weight is 424 g/mol. The van der Waals surface area contributed by atoms with E-state index in [2.05, 4.69) is 20.6 Å². The summed E-state index contributed by atoms with van der Waals surface area (Å²) < 4.78 is 13.5. The lowest BCUT2D eigenvalue weighted by Crippen LogP contribution is -2.38. The molecule has 0 aliphatic rings. The van der Waals surface area contributed by atoms with Crippen molar-refractivity contribution in [2.45, 2.75) is 26.3 Å². The van der Waals surface area contributed by atoms with Crippen LogP contribution in [-0.2, 0) is 17.8 Å². The van der Waals surface area contributed by atoms with Crippen LogP contribution in [0.3, 0.4) is 0 Å². The minimum Gasteiger partial charge on any atom is -0.361 e. The standard InChI is InChI=1S/C24H30FN5O/c1-3-26-24(27-13-11-19-16-29-22-10-9-20(25)15-21(19)22)28-14-12-23(31)30(2)17-18-7-5-4-6-8-18/h4-10,15-16,29H,3,11-14,17H2,1-2H3,(H2,26,27,28). The Morgan fingerprint density at radius 1 is 1.16 bits per heavy atom. The van der Waals surface area contributed by atoms with Gasteiger partial charge in [-0.05, 0) is 42.7 Å². The number of nitrogens with one attached hydrogen (secondary N) is 3. The molecular weight excluding hydrogens is 393 g/mol. The molecule has 0 atom stereocenters. The van der Waals surface area contributed by atoms with Crippen LogP contribution in [0.5, 0.6) is 0 Å². The molecule has 3 aromatic rings. The van der Waals surface area contributed by atoms with Gasteiger partial charge in [-0.1, -0.05) is 30.3 Å². The Hall–Kier alpha value is -3.35. The van der Waals surface area contributed by atoms with Crippen molar-refractivity contribution in [3.8, 4) is 0 Å². The van der Waals surface area contributed by atoms with E-state index in [1.54, 1.807) is 17.0 Å². The maximum absolute atomic E-state index is 13.5. The summed E-state index contributed by atoms with van der Waals surface area (Å²) in [6.07, 6.45) is 2.99. The number of aromatic amines is 1. The molecule has 3 N–H and O–H groups in total. The van der Waals surface area contributed by atoms with E-state index in [4.69, 9.17) is 0 Å². The summed E-state index contributed by atoms with van der Waals surface area (Å²) in [5.74, 6) is 0.495. The second-order valence-electron chi connectivity index (χ2n) is 7.43. The summed E-state index contributed by atoms with van der Waals surface area (Å²) in [6, 6.07) is 14.7. The van der Waals surface area contributed by atoms with Gasteiger partial charge in [-0.2, -0.15) is 0 Å². The van der Waals surface area contributed by atoms with Crippen molar-refractivity contribution in [1.29, 1.82) is 0 Å². The summed E-state index contributed by atoms with van der Waals surface area (Å²) >= 11 is 0. The SMILES string of the molecule is CCNC(=NCCC(=O)N(C)Cc1ccccc1)NCCc1c[nH]c2ccc(F)cc12. The Morgan fingerprint density at radius 2 is 1.97 bits per heavy atom. The number of fused-ring (bicyclic) bond motifs is 1. The fourth-order valence-corrected chi connectivity index (χ4v) is 3.41. The van der Waals surface area contributed by atoms with Crippen molar-refractivity contribution in [2.75, 3.05) is 26.7 Å². The van der Waals surface area contributed by atoms with E-state index in [-0.39, 0.29) is 11.7 Å². The van der Waals surface area contributed by atoms with Crippen LogP contribution in [0.2, 0.25) is 0 Å². The number of H-pyrrole nitrogens is 1. The predicted octanol–water partition coefficient (Wildman–Crippen LogP) is 3.45. The summed E-state index contributed by atoms with van der Waals surface area (Å²) in [5.41, 5.74) is 3.08. The molecule has 6 nitrogen and oxygen atoms in total. The minimum absolute atomic E-state index is 0.0595. The molecular formula is C24H30FN5O. The summed E-state index contributed by atoms with van der Waals surface area (Å²) in [5, 5.41) is 7.38. The first-order valence-electron chi connectivity index (χ1n) is 10.6. The number of rotatable bonds is 9. The fourth-order valence-electron chi connectivity index (χ4n) is 3.41. The maximum Gasteiger partial charge on any atom is 0.224 e. The Morgan fingerprint density at radius 3 is 2.74 bits per heavy atom. The van der Waals surface area contributed by atoms with Gasteiger partial charge in [0.05, 0.1) is 6.54 Å². The number of amides is 1. The number of aliphatic imine (C=N–C) groups is 1. The molecule has 7 heteroatoms. The number of hydrogen-bond acceptors (Lipinski definition) is 2. The first-order valence-corrected chi connectivity index (χ1v) is 10.6. The molecule has 31 heavy (non-hydrogen) atoms. The molecule has 1 amide bonds. The van der Waals surface area contributed by atoms with E-state index in [9.17, 15) is 9.18 Å². The average Bonchev–Trinajstić information content (AvgIpc) is 3.16. The minimum atomic E-state index is -0.238. The molecule has 164 valence electrons. The third-order valence-corrected chi connectivity index (χ3v) is 5.04. The van der Waals surface area contributed by atoms with Gasteiger partial charge in [0.25, 0.3) is 0 Å². The lowest BCUT2D eigenvalue weighted by molar-refractivity contribution is -0.130. The third kappa shape index (κ3) is 6.57. The van der Waals surface area contributed by atoms with Crippen molar-refractivity contribution >= 4 is 22.8 Å². The molecule has 0 spiro atoms. The molecule has 0 aliphatic heterocycles. The second-order valence-corrected chi connectivity index (χ2v) is 7.43. The van der Waals surface area contributed by atoms with E-state index in [1.807, 2.05) is 50.5 Å². The van der Waals surface area contributed by atoms with E-state index in [0.717, 1.165) is 35.0 Å². The Kier molecular flexibility index (Phi) is 8.04. The summed E-state index contributed by atoms with van der Waals surface area (Å²) in [4.78, 5) is 21.8. The molecule has 0 saturated heterocycles. The number of hydrogen-bond donors (Lipinski definition) is 3. The number of benzene rings is 2. The number of carbonyl (C=O) groups is 1. The van der Waals surface area contributed by atoms with E-state index >= 15 is 0 Å². The van der Waals surface area contributed by atoms with Crippen LogP contribution < -0.4 is 10.6 Å². The molecule has 0 fully saturated rings. The predicted molar refractivity (Wildman–Crippen MR) is 123 cm³/mol. The van der Waals surface area contributed by atoms with Crippen LogP contribution >= 0.6 is 0 Å². The molecule has 0 radical (unpaired) electrons. The number of halogens is 1. The van der Waals surface area contributed by atoms with Crippen LogP contribution in [0.25, 0.3) is 10.9 Å². The lowest BCUT2D eigenvalue weighted by atomic mass is 10.1. The van der Waals surface area contributed by atoms with Crippen LogP contribution in [0.15, 0.2) is 59.7 Å². The highest BCUT2D eigenvalue weighted by Crippen LogP contribution is 2.19. The quantitative estimate of drug-likeness (QED) is 0.365. The molecule has 0 aliphatic carbocycles. The number of carbonyl (C=O) groups excluding carboxylic acids is 1. The van der Waals surface area contributed by atoms with Gasteiger partial charge in [0.1, 0.15) is 5.82 Å². The van der Waals surface area contributed by atoms with E-state index < -0.39 is 0 Å². The largest absolute Gasteiger partial charge is 0.361 e. The fraction of sp³-hybridized carbons (Fsp3) is 0.333. The highest BCUT2D eigenvalue weighted by Gasteiger charge is 2.09. The normalized spacial score (nSPS) is 11.5. The van der Waals surface area contributed by atoms with Gasteiger partial charge in [0, 0.05) is 50.2 Å². The van der Waals surface area contributed by atoms with Crippen molar-refractivity contribution in [2.24, 2.45) is 4.99 Å². The zero-order chi connectivity index (χ0) is 22.1. The third-order valence-electron chi connectivity index (χ3n) is 5.04. The van der Waals surface area contributed by atoms with Crippen LogP contribution in [-0.4, -0.2) is 48.4 Å². The van der Waals surface area contributed by atoms with Crippen molar-refractivity contribution in [3.05, 3.63) is 71.7 Å².